The van der Waals surface area contributed by atoms with Crippen molar-refractivity contribution in [3.05, 3.63) is 29.8 Å². The van der Waals surface area contributed by atoms with Crippen LogP contribution >= 0.6 is 0 Å². The van der Waals surface area contributed by atoms with E-state index in [9.17, 15) is 4.79 Å². The fourth-order valence-electron chi connectivity index (χ4n) is 0.771. The van der Waals surface area contributed by atoms with Gasteiger partial charge in [-0.1, -0.05) is 12.1 Å². The molecule has 0 aliphatic rings. The second-order valence-electron chi connectivity index (χ2n) is 2.07. The van der Waals surface area contributed by atoms with E-state index in [2.05, 4.69) is 0 Å². The third kappa shape index (κ3) is 2.61. The van der Waals surface area contributed by atoms with E-state index in [4.69, 9.17) is 5.11 Å². The van der Waals surface area contributed by atoms with Gasteiger partial charge >= 0.3 is 0 Å². The van der Waals surface area contributed by atoms with Gasteiger partial charge in [-0.3, -0.25) is 4.79 Å². The van der Waals surface area contributed by atoms with Crippen molar-refractivity contribution in [1.82, 2.24) is 0 Å². The molecule has 0 saturated carbocycles. The van der Waals surface area contributed by atoms with E-state index in [-0.39, 0.29) is 38.8 Å². The number of aromatic hydroxyl groups is 1. The summed E-state index contributed by atoms with van der Waals surface area (Å²) in [6, 6.07) is 6.49. The molecule has 0 bridgehead atoms. The number of hydrogen-bond donors (Lipinski definition) is 1. The second-order valence-corrected chi connectivity index (χ2v) is 2.07. The van der Waals surface area contributed by atoms with E-state index in [1.165, 1.54) is 13.0 Å². The van der Waals surface area contributed by atoms with Crippen molar-refractivity contribution in [2.75, 3.05) is 0 Å². The van der Waals surface area contributed by atoms with Crippen LogP contribution in [0.5, 0.6) is 5.75 Å². The summed E-state index contributed by atoms with van der Waals surface area (Å²) in [7, 11) is 0. The summed E-state index contributed by atoms with van der Waals surface area (Å²) >= 11 is 0. The minimum Gasteiger partial charge on any atom is -0.507 e. The Morgan fingerprint density at radius 2 is 1.91 bits per heavy atom. The molecule has 56 valence electrons. The monoisotopic (exact) mass is 344 g/mol. The van der Waals surface area contributed by atoms with Crippen molar-refractivity contribution in [3.8, 4) is 5.75 Å². The third-order valence-corrected chi connectivity index (χ3v) is 1.28. The number of ketones is 1. The number of rotatable bonds is 1. The Bertz CT molecular complexity index is 258. The number of phenols is 1. The van der Waals surface area contributed by atoms with Gasteiger partial charge in [0, 0.05) is 27.3 Å². The molecule has 0 aliphatic heterocycles. The van der Waals surface area contributed by atoms with Crippen LogP contribution in [0.15, 0.2) is 24.3 Å². The summed E-state index contributed by atoms with van der Waals surface area (Å²) in [5, 5.41) is 9.06. The average Bonchev–Trinajstić information content (AvgIpc) is 1.88. The zero-order chi connectivity index (χ0) is 7.56. The van der Waals surface area contributed by atoms with E-state index in [1.54, 1.807) is 18.2 Å². The first kappa shape index (κ1) is 10.6. The molecular weight excluding hydrogens is 335 g/mol. The van der Waals surface area contributed by atoms with E-state index in [0.29, 0.717) is 5.56 Å². The molecule has 0 unspecified atom stereocenters. The van der Waals surface area contributed by atoms with Crippen molar-refractivity contribution >= 4 is 33.1 Å². The number of hydrogen-bond acceptors (Lipinski definition) is 2. The summed E-state index contributed by atoms with van der Waals surface area (Å²) < 4.78 is 0. The van der Waals surface area contributed by atoms with Gasteiger partial charge in [-0.2, -0.15) is 0 Å². The van der Waals surface area contributed by atoms with Crippen LogP contribution in [-0.2, 0) is 0 Å². The molecule has 3 heteroatoms. The van der Waals surface area contributed by atoms with E-state index in [0.717, 1.165) is 0 Å². The Morgan fingerprint density at radius 1 is 1.36 bits per heavy atom. The van der Waals surface area contributed by atoms with Crippen molar-refractivity contribution in [2.45, 2.75) is 6.92 Å². The van der Waals surface area contributed by atoms with Gasteiger partial charge in [-0.05, 0) is 19.1 Å². The van der Waals surface area contributed by atoms with E-state index < -0.39 is 0 Å². The topological polar surface area (TPSA) is 37.3 Å². The molecule has 0 saturated heterocycles. The van der Waals surface area contributed by atoms with Crippen molar-refractivity contribution in [1.29, 1.82) is 0 Å². The first-order valence-corrected chi connectivity index (χ1v) is 3.01. The molecule has 11 heavy (non-hydrogen) atoms. The molecule has 1 aromatic carbocycles. The second kappa shape index (κ2) is 4.48. The molecule has 1 N–H and O–H groups in total. The van der Waals surface area contributed by atoms with Gasteiger partial charge in [0.1, 0.15) is 5.75 Å². The number of carbonyl (C=O) groups is 1. The number of benzene rings is 1. The summed E-state index contributed by atoms with van der Waals surface area (Å²) in [5.41, 5.74) is 0.377. The maximum absolute atomic E-state index is 10.7. The molecule has 1 aromatic rings. The van der Waals surface area contributed by atoms with Gasteiger partial charge in [0.05, 0.1) is 5.56 Å². The summed E-state index contributed by atoms with van der Waals surface area (Å²) in [4.78, 5) is 10.7. The summed E-state index contributed by atoms with van der Waals surface area (Å²) in [5.74, 6) is -0.0619. The normalized spacial score (nSPS) is 8.45. The van der Waals surface area contributed by atoms with Gasteiger partial charge < -0.3 is 5.11 Å². The Hall–Kier alpha value is -0.388. The number of carbonyl (C=O) groups excluding carboxylic acids is 1. The van der Waals surface area contributed by atoms with Gasteiger partial charge in [0.2, 0.25) is 0 Å². The predicted molar refractivity (Wildman–Crippen MR) is 43.9 cm³/mol. The Labute approximate surface area is 85.4 Å². The molecule has 0 aromatic heterocycles. The molecule has 4 radical (unpaired) electrons. The fraction of sp³-hybridized carbons (Fsp3) is 0.125. The van der Waals surface area contributed by atoms with Crippen LogP contribution in [0.2, 0.25) is 0 Å². The SMILES string of the molecule is CC(=O)c1ccccc1O.[Pb]. The third-order valence-electron chi connectivity index (χ3n) is 1.28. The summed E-state index contributed by atoms with van der Waals surface area (Å²) in [6.45, 7) is 1.43. The zero-order valence-electron chi connectivity index (χ0n) is 6.16. The molecule has 0 fully saturated rings. The standard InChI is InChI=1S/C8H8O2.Pb/c1-6(9)7-4-2-3-5-8(7)10;/h2-5,10H,1H3;. The Kier molecular flexibility index (Phi) is 4.32. The van der Waals surface area contributed by atoms with Crippen molar-refractivity contribution in [3.63, 3.8) is 0 Å². The molecule has 2 nitrogen and oxygen atoms in total. The molecule has 0 spiro atoms. The Morgan fingerprint density at radius 3 is 2.27 bits per heavy atom. The van der Waals surface area contributed by atoms with Gasteiger partial charge in [0.25, 0.3) is 0 Å². The van der Waals surface area contributed by atoms with Crippen LogP contribution in [0.4, 0.5) is 0 Å². The van der Waals surface area contributed by atoms with Crippen LogP contribution < -0.4 is 0 Å². The number of para-hydroxylation sites is 1. The molecule has 1 rings (SSSR count). The van der Waals surface area contributed by atoms with Crippen LogP contribution in [0, 0.1) is 0 Å². The quantitative estimate of drug-likeness (QED) is 0.615. The van der Waals surface area contributed by atoms with Crippen LogP contribution in [0.3, 0.4) is 0 Å². The zero-order valence-corrected chi connectivity index (χ0v) is 10.1. The van der Waals surface area contributed by atoms with Gasteiger partial charge in [0.15, 0.2) is 5.78 Å². The average molecular weight is 343 g/mol. The Balaban J connectivity index is 0.000001000. The molecule has 0 aliphatic carbocycles. The maximum atomic E-state index is 10.7. The van der Waals surface area contributed by atoms with Crippen LogP contribution in [0.1, 0.15) is 17.3 Å². The molecule has 0 heterocycles. The number of phenolic OH excluding ortho intramolecular Hbond substituents is 1. The smallest absolute Gasteiger partial charge is 0.163 e. The fourth-order valence-corrected chi connectivity index (χ4v) is 0.771. The molecule has 0 atom stereocenters. The number of Topliss-reactive ketones (excluding diaryl/α,β-unsaturated/α-hetero) is 1. The van der Waals surface area contributed by atoms with Gasteiger partial charge in [-0.15, -0.1) is 0 Å². The minimum atomic E-state index is -0.113. The van der Waals surface area contributed by atoms with Crippen molar-refractivity contribution in [2.24, 2.45) is 0 Å². The predicted octanol–water partition coefficient (Wildman–Crippen LogP) is 1.21. The molecule has 0 amide bonds. The van der Waals surface area contributed by atoms with Crippen LogP contribution in [0.25, 0.3) is 0 Å². The minimum absolute atomic E-state index is 0. The van der Waals surface area contributed by atoms with Crippen LogP contribution in [-0.4, -0.2) is 38.2 Å². The molecular formula is C8H8O2Pb. The largest absolute Gasteiger partial charge is 0.507 e. The van der Waals surface area contributed by atoms with Crippen molar-refractivity contribution < 1.29 is 9.90 Å². The summed E-state index contributed by atoms with van der Waals surface area (Å²) in [6.07, 6.45) is 0. The van der Waals surface area contributed by atoms with E-state index >= 15 is 0 Å². The maximum Gasteiger partial charge on any atom is 0.163 e. The van der Waals surface area contributed by atoms with E-state index in [1.807, 2.05) is 0 Å². The van der Waals surface area contributed by atoms with Gasteiger partial charge in [-0.25, -0.2) is 0 Å². The first-order chi connectivity index (χ1) is 4.72. The first-order valence-electron chi connectivity index (χ1n) is 3.01.